The molecule has 0 fully saturated rings. The molecule has 0 aliphatic carbocycles. The molecule has 0 aromatic heterocycles. The summed E-state index contributed by atoms with van der Waals surface area (Å²) in [6.07, 6.45) is 3.82. The van der Waals surface area contributed by atoms with Gasteiger partial charge in [0.2, 0.25) is 0 Å². The van der Waals surface area contributed by atoms with Crippen LogP contribution in [0.4, 0.5) is 15.8 Å². The predicted octanol–water partition coefficient (Wildman–Crippen LogP) is 5.78. The Morgan fingerprint density at radius 1 is 1.20 bits per heavy atom. The third-order valence-electron chi connectivity index (χ3n) is 5.19. The van der Waals surface area contributed by atoms with E-state index in [1.807, 2.05) is 24.3 Å². The molecule has 5 heteroatoms. The number of allylic oxidation sites excluding steroid dienone is 1. The van der Waals surface area contributed by atoms with Gasteiger partial charge in [-0.25, -0.2) is 4.39 Å². The van der Waals surface area contributed by atoms with Crippen molar-refractivity contribution in [3.05, 3.63) is 71.1 Å². The van der Waals surface area contributed by atoms with E-state index in [-0.39, 0.29) is 16.9 Å². The van der Waals surface area contributed by atoms with E-state index in [1.54, 1.807) is 6.08 Å². The van der Waals surface area contributed by atoms with E-state index in [9.17, 15) is 14.4 Å². The summed E-state index contributed by atoms with van der Waals surface area (Å²) >= 11 is 0. The minimum atomic E-state index is -0.529. The zero-order valence-corrected chi connectivity index (χ0v) is 18.0. The lowest BCUT2D eigenvalue weighted by Crippen LogP contribution is -2.49. The highest BCUT2D eigenvalue weighted by molar-refractivity contribution is 6.09. The summed E-state index contributed by atoms with van der Waals surface area (Å²) in [6, 6.07) is 13.7. The molecule has 1 aliphatic heterocycles. The molecule has 1 heterocycles. The van der Waals surface area contributed by atoms with Crippen molar-refractivity contribution in [2.45, 2.75) is 46.2 Å². The van der Waals surface area contributed by atoms with Crippen LogP contribution in [-0.4, -0.2) is 17.5 Å². The number of nitrogens with one attached hydrogen (secondary N) is 1. The molecule has 0 saturated heterocycles. The van der Waals surface area contributed by atoms with Gasteiger partial charge in [-0.15, -0.1) is 0 Å². The van der Waals surface area contributed by atoms with Crippen molar-refractivity contribution in [1.29, 1.82) is 5.26 Å². The topological polar surface area (TPSA) is 56.1 Å². The predicted molar refractivity (Wildman–Crippen MR) is 120 cm³/mol. The summed E-state index contributed by atoms with van der Waals surface area (Å²) in [5.41, 5.74) is 4.48. The Hall–Kier alpha value is -3.39. The smallest absolute Gasteiger partial charge is 0.266 e. The van der Waals surface area contributed by atoms with Gasteiger partial charge in [-0.3, -0.25) is 4.79 Å². The summed E-state index contributed by atoms with van der Waals surface area (Å²) in [6.45, 7) is 10.8. The minimum absolute atomic E-state index is 0.0160. The summed E-state index contributed by atoms with van der Waals surface area (Å²) in [4.78, 5) is 14.9. The number of fused-ring (bicyclic) bond motifs is 1. The summed E-state index contributed by atoms with van der Waals surface area (Å²) in [5, 5.41) is 12.1. The molecule has 1 amide bonds. The number of nitrogens with zero attached hydrogens (tertiary/aromatic N) is 2. The Kier molecular flexibility index (Phi) is 5.80. The van der Waals surface area contributed by atoms with Gasteiger partial charge >= 0.3 is 0 Å². The van der Waals surface area contributed by atoms with Crippen LogP contribution in [0.5, 0.6) is 0 Å². The van der Waals surface area contributed by atoms with Crippen molar-refractivity contribution in [2.24, 2.45) is 0 Å². The molecular formula is C25H26FN3O. The number of benzene rings is 2. The van der Waals surface area contributed by atoms with Crippen LogP contribution in [0.2, 0.25) is 0 Å². The fraction of sp³-hybridized carbons (Fsp3) is 0.280. The van der Waals surface area contributed by atoms with Crippen LogP contribution in [0, 0.1) is 17.1 Å². The summed E-state index contributed by atoms with van der Waals surface area (Å²) in [7, 11) is 0. The highest BCUT2D eigenvalue weighted by Gasteiger charge is 2.32. The van der Waals surface area contributed by atoms with E-state index in [2.05, 4.69) is 50.9 Å². The number of hydrogen-bond acceptors (Lipinski definition) is 3. The molecule has 1 aliphatic rings. The highest BCUT2D eigenvalue weighted by Crippen LogP contribution is 2.40. The number of hydrogen-bond donors (Lipinski definition) is 1. The largest absolute Gasteiger partial charge is 0.360 e. The number of carbonyl (C=O) groups excluding carboxylic acids is 1. The van der Waals surface area contributed by atoms with Crippen LogP contribution < -0.4 is 10.2 Å². The molecule has 1 N–H and O–H groups in total. The number of nitriles is 1. The van der Waals surface area contributed by atoms with E-state index in [4.69, 9.17) is 0 Å². The first kappa shape index (κ1) is 21.3. The first-order chi connectivity index (χ1) is 14.1. The molecule has 0 saturated carbocycles. The van der Waals surface area contributed by atoms with E-state index in [1.165, 1.54) is 24.3 Å². The van der Waals surface area contributed by atoms with Crippen LogP contribution in [0.1, 0.15) is 45.7 Å². The Labute approximate surface area is 177 Å². The second-order valence-corrected chi connectivity index (χ2v) is 8.35. The lowest BCUT2D eigenvalue weighted by molar-refractivity contribution is -0.112. The van der Waals surface area contributed by atoms with E-state index in [0.29, 0.717) is 11.7 Å². The average molecular weight is 404 g/mol. The van der Waals surface area contributed by atoms with Gasteiger partial charge < -0.3 is 10.2 Å². The van der Waals surface area contributed by atoms with Gasteiger partial charge in [0.05, 0.1) is 5.54 Å². The maximum Gasteiger partial charge on any atom is 0.266 e. The van der Waals surface area contributed by atoms with Crippen LogP contribution in [0.15, 0.2) is 54.1 Å². The molecule has 2 aromatic carbocycles. The first-order valence-corrected chi connectivity index (χ1v) is 9.94. The first-order valence-electron chi connectivity index (χ1n) is 9.94. The third-order valence-corrected chi connectivity index (χ3v) is 5.19. The van der Waals surface area contributed by atoms with Gasteiger partial charge in [0, 0.05) is 23.0 Å². The summed E-state index contributed by atoms with van der Waals surface area (Å²) in [5.74, 6) is -0.917. The number of amides is 1. The zero-order chi connectivity index (χ0) is 22.1. The van der Waals surface area contributed by atoms with Crippen molar-refractivity contribution < 1.29 is 9.18 Å². The van der Waals surface area contributed by atoms with Crippen molar-refractivity contribution in [1.82, 2.24) is 0 Å². The lowest BCUT2D eigenvalue weighted by atomic mass is 9.87. The number of rotatable bonds is 4. The quantitative estimate of drug-likeness (QED) is 0.520. The molecule has 0 unspecified atom stereocenters. The van der Waals surface area contributed by atoms with Gasteiger partial charge in [0.1, 0.15) is 17.5 Å². The van der Waals surface area contributed by atoms with Crippen LogP contribution in [0.25, 0.3) is 11.6 Å². The van der Waals surface area contributed by atoms with Gasteiger partial charge in [0.25, 0.3) is 5.91 Å². The Morgan fingerprint density at radius 2 is 1.87 bits per heavy atom. The van der Waals surface area contributed by atoms with Gasteiger partial charge in [-0.05, 0) is 88.2 Å². The number of halogens is 1. The SMILES string of the molecule is CC1=CC(C)(C)N(C(C)C)c2ccc(/C=C(/C#N)C(=O)Nc3ccc(F)cc3)cc21. The van der Waals surface area contributed by atoms with Gasteiger partial charge in [-0.1, -0.05) is 12.1 Å². The molecule has 30 heavy (non-hydrogen) atoms. The molecule has 0 radical (unpaired) electrons. The van der Waals surface area contributed by atoms with E-state index < -0.39 is 5.91 Å². The van der Waals surface area contributed by atoms with E-state index >= 15 is 0 Å². The molecule has 0 spiro atoms. The standard InChI is InChI=1S/C25H26FN3O/c1-16(2)29-23-11-6-18(13-22(23)17(3)14-25(29,4)5)12-19(15-27)24(30)28-21-9-7-20(26)8-10-21/h6-14,16H,1-5H3,(H,28,30)/b19-12-. The van der Waals surface area contributed by atoms with Crippen molar-refractivity contribution in [3.63, 3.8) is 0 Å². The molecule has 154 valence electrons. The Balaban J connectivity index is 1.93. The second-order valence-electron chi connectivity index (χ2n) is 8.35. The average Bonchev–Trinajstić information content (AvgIpc) is 2.67. The minimum Gasteiger partial charge on any atom is -0.360 e. The second kappa shape index (κ2) is 8.16. The van der Waals surface area contributed by atoms with Crippen LogP contribution in [-0.2, 0) is 4.79 Å². The molecule has 3 rings (SSSR count). The fourth-order valence-corrected chi connectivity index (χ4v) is 4.15. The zero-order valence-electron chi connectivity index (χ0n) is 18.0. The monoisotopic (exact) mass is 403 g/mol. The van der Waals surface area contributed by atoms with Gasteiger partial charge in [0.15, 0.2) is 0 Å². The molecule has 0 bridgehead atoms. The summed E-state index contributed by atoms with van der Waals surface area (Å²) < 4.78 is 13.0. The van der Waals surface area contributed by atoms with Crippen LogP contribution in [0.3, 0.4) is 0 Å². The molecular weight excluding hydrogens is 377 g/mol. The lowest BCUT2D eigenvalue weighted by Gasteiger charge is -2.46. The van der Waals surface area contributed by atoms with Crippen molar-refractivity contribution >= 4 is 28.9 Å². The fourth-order valence-electron chi connectivity index (χ4n) is 4.15. The third kappa shape index (κ3) is 4.28. The van der Waals surface area contributed by atoms with Crippen molar-refractivity contribution in [2.75, 3.05) is 10.2 Å². The van der Waals surface area contributed by atoms with Crippen LogP contribution >= 0.6 is 0 Å². The number of carbonyl (C=O) groups is 1. The molecule has 4 nitrogen and oxygen atoms in total. The normalized spacial score (nSPS) is 15.3. The Morgan fingerprint density at radius 3 is 2.47 bits per heavy atom. The highest BCUT2D eigenvalue weighted by atomic mass is 19.1. The maximum atomic E-state index is 13.0. The van der Waals surface area contributed by atoms with Crippen molar-refractivity contribution in [3.8, 4) is 6.07 Å². The molecule has 2 aromatic rings. The molecule has 0 atom stereocenters. The maximum absolute atomic E-state index is 13.0. The number of anilines is 2. The van der Waals surface area contributed by atoms with Gasteiger partial charge in [-0.2, -0.15) is 5.26 Å². The Bertz CT molecular complexity index is 1070. The van der Waals surface area contributed by atoms with E-state index in [0.717, 1.165) is 22.4 Å².